The van der Waals surface area contributed by atoms with Crippen LogP contribution in [0.25, 0.3) is 11.5 Å². The van der Waals surface area contributed by atoms with E-state index in [4.69, 9.17) is 11.5 Å². The fourth-order valence-corrected chi connectivity index (χ4v) is 3.95. The van der Waals surface area contributed by atoms with Gasteiger partial charge in [-0.05, 0) is 25.7 Å². The number of hydrogen-bond acceptors (Lipinski definition) is 2. The summed E-state index contributed by atoms with van der Waals surface area (Å²) in [5.41, 5.74) is 13.2. The predicted octanol–water partition coefficient (Wildman–Crippen LogP) is 2.41. The van der Waals surface area contributed by atoms with Crippen molar-refractivity contribution >= 4 is 19.9 Å². The largest absolute Gasteiger partial charge is 2.00 e. The number of carbonyl (C=O) groups is 2. The topological polar surface area (TPSA) is 81.7 Å². The van der Waals surface area contributed by atoms with Crippen molar-refractivity contribution in [2.45, 2.75) is 117 Å². The minimum atomic E-state index is -1.01. The van der Waals surface area contributed by atoms with Crippen molar-refractivity contribution in [1.29, 1.82) is 0 Å². The molecule has 2 amide bonds. The van der Waals surface area contributed by atoms with Crippen LogP contribution >= 0.6 is 0 Å². The molecule has 1 aliphatic rings. The van der Waals surface area contributed by atoms with Gasteiger partial charge in [0.2, 0.25) is 0 Å². The van der Waals surface area contributed by atoms with Gasteiger partial charge in [-0.25, -0.2) is 11.3 Å². The van der Waals surface area contributed by atoms with Gasteiger partial charge in [0.15, 0.2) is 0 Å². The van der Waals surface area contributed by atoms with Crippen LogP contribution in [0.2, 0.25) is 19.6 Å². The van der Waals surface area contributed by atoms with Crippen molar-refractivity contribution in [3.63, 3.8) is 0 Å². The predicted molar refractivity (Wildman–Crippen MR) is 129 cm³/mol. The van der Waals surface area contributed by atoms with Crippen LogP contribution in [0, 0.1) is 6.08 Å². The van der Waals surface area contributed by atoms with Crippen LogP contribution in [-0.2, 0) is 28.1 Å². The van der Waals surface area contributed by atoms with Gasteiger partial charge >= 0.3 is 18.6 Å². The maximum absolute atomic E-state index is 10.1. The van der Waals surface area contributed by atoms with Crippen LogP contribution in [0.4, 0.5) is 0 Å². The Kier molecular flexibility index (Phi) is 37.8. The van der Waals surface area contributed by atoms with E-state index < -0.39 is 19.9 Å². The van der Waals surface area contributed by atoms with E-state index in [0.717, 1.165) is 32.1 Å². The van der Waals surface area contributed by atoms with Crippen LogP contribution < -0.4 is 24.8 Å². The van der Waals surface area contributed by atoms with Gasteiger partial charge in [-0.15, -0.1) is 6.42 Å². The van der Waals surface area contributed by atoms with Crippen LogP contribution in [0.5, 0.6) is 0 Å². The van der Waals surface area contributed by atoms with Gasteiger partial charge in [-0.1, -0.05) is 84.9 Å². The van der Waals surface area contributed by atoms with Gasteiger partial charge < -0.3 is 45.9 Å². The number of amides is 2. The fraction of sp³-hybridized carbons (Fsp3) is 0.750. The second-order valence-electron chi connectivity index (χ2n) is 8.62. The molecule has 0 aromatic heterocycles. The van der Waals surface area contributed by atoms with Gasteiger partial charge in [0, 0.05) is 19.9 Å². The summed E-state index contributed by atoms with van der Waals surface area (Å²) in [5.74, 6) is -0.840. The molecule has 1 aliphatic carbocycles. The van der Waals surface area contributed by atoms with Crippen molar-refractivity contribution in [2.24, 2.45) is 0 Å². The van der Waals surface area contributed by atoms with E-state index in [1.54, 1.807) is 0 Å². The van der Waals surface area contributed by atoms with Gasteiger partial charge in [0.05, 0.1) is 0 Å². The Labute approximate surface area is 223 Å². The van der Waals surface area contributed by atoms with E-state index in [2.05, 4.69) is 51.7 Å². The molecule has 0 aromatic rings. The number of hydrogen-bond donors (Lipinski definition) is 0. The molecule has 0 saturated carbocycles. The van der Waals surface area contributed by atoms with Gasteiger partial charge in [-0.3, -0.25) is 6.08 Å². The molecule has 2 N–H and O–H groups in total. The number of nitrogens with one attached hydrogen (secondary N) is 2. The van der Waals surface area contributed by atoms with Crippen molar-refractivity contribution in [3.8, 4) is 0 Å². The first-order valence-electron chi connectivity index (χ1n) is 11.4. The molecule has 0 unspecified atom stereocenters. The molecule has 189 valence electrons. The Balaban J connectivity index is -0.000000109. The van der Waals surface area contributed by atoms with Crippen LogP contribution in [-0.4, -0.2) is 19.9 Å². The molecule has 0 spiro atoms. The average Bonchev–Trinajstić information content (AvgIpc) is 3.17. The van der Waals surface area contributed by atoms with Gasteiger partial charge in [0.25, 0.3) is 0 Å². The third kappa shape index (κ3) is 34.4. The summed E-state index contributed by atoms with van der Waals surface area (Å²) in [6.45, 7) is 11.4. The summed E-state index contributed by atoms with van der Waals surface area (Å²) in [7, 11) is -1.01. The molecule has 0 saturated heterocycles. The third-order valence-corrected chi connectivity index (χ3v) is 6.48. The zero-order chi connectivity index (χ0) is 22.5. The van der Waals surface area contributed by atoms with Crippen molar-refractivity contribution in [1.82, 2.24) is 0 Å². The number of rotatable bonds is 13. The van der Waals surface area contributed by atoms with Crippen LogP contribution in [0.15, 0.2) is 17.3 Å². The third-order valence-electron chi connectivity index (χ3n) is 4.52. The average molecular weight is 544 g/mol. The number of halogens is 2. The van der Waals surface area contributed by atoms with E-state index in [0.29, 0.717) is 12.8 Å². The first-order chi connectivity index (χ1) is 13.6. The number of allylic oxidation sites excluding steroid dienone is 4. The first kappa shape index (κ1) is 42.0. The summed E-state index contributed by atoms with van der Waals surface area (Å²) in [5, 5.41) is 1.49. The first-order valence-corrected chi connectivity index (χ1v) is 14.9. The quantitative estimate of drug-likeness (QED) is 0.203. The molecule has 0 fully saturated rings. The second kappa shape index (κ2) is 28.8. The fourth-order valence-electron chi connectivity index (χ4n) is 2.70. The molecule has 0 bridgehead atoms. The summed E-state index contributed by atoms with van der Waals surface area (Å²) in [6, 6.07) is 0. The van der Waals surface area contributed by atoms with E-state index in [-0.39, 0.29) is 43.4 Å². The van der Waals surface area contributed by atoms with Gasteiger partial charge in [0.1, 0.15) is 0 Å². The maximum Gasteiger partial charge on any atom is 2.00 e. The van der Waals surface area contributed by atoms with E-state index in [1.807, 2.05) is 0 Å². The standard InChI is InChI=1S/2C8H17NO.C8H13Si.2ClH.V/c2*1-2-3-4-5-6-7-8(9)10;1-9(2,3)8-6-4-5-7-8;;;/h2*2-7H2,1H3,(H2,9,10);4,6H,5H2,1-3H3;2*1H;/q;;-1;;;+2/p-4. The van der Waals surface area contributed by atoms with E-state index in [1.165, 1.54) is 43.7 Å². The zero-order valence-electron chi connectivity index (χ0n) is 20.9. The monoisotopic (exact) mass is 542 g/mol. The molecule has 0 aromatic carbocycles. The van der Waals surface area contributed by atoms with Crippen molar-refractivity contribution in [2.75, 3.05) is 0 Å². The smallest absolute Gasteiger partial charge is 1.00 e. The van der Waals surface area contributed by atoms with Crippen molar-refractivity contribution in [3.05, 3.63) is 34.9 Å². The minimum absolute atomic E-state index is 0. The molecular formula is C24H45Cl2N2O2SiV-3. The maximum atomic E-state index is 10.1. The molecule has 1 rings (SSSR count). The Bertz CT molecular complexity index is 473. The molecule has 1 radical (unpaired) electrons. The minimum Gasteiger partial charge on any atom is -1.00 e. The van der Waals surface area contributed by atoms with Crippen LogP contribution in [0.1, 0.15) is 97.3 Å². The SMILES string of the molecule is CCCCCCCC([NH-])=O.CCCCCCCC([NH-])=O.C[Si](C)(C)C1=[C-]CC=C1.[Cl-].[Cl-].[V+2]. The molecule has 8 heteroatoms. The summed E-state index contributed by atoms with van der Waals surface area (Å²) in [4.78, 5) is 20.3. The van der Waals surface area contributed by atoms with Gasteiger partial charge in [-0.2, -0.15) is 6.08 Å². The Morgan fingerprint density at radius 1 is 0.812 bits per heavy atom. The molecular weight excluding hydrogens is 498 g/mol. The Morgan fingerprint density at radius 2 is 1.19 bits per heavy atom. The van der Waals surface area contributed by atoms with E-state index in [9.17, 15) is 9.59 Å². The summed E-state index contributed by atoms with van der Waals surface area (Å²) >= 11 is 0. The molecule has 0 heterocycles. The normalized spacial score (nSPS) is 11.2. The Morgan fingerprint density at radius 3 is 1.41 bits per heavy atom. The molecule has 32 heavy (non-hydrogen) atoms. The van der Waals surface area contributed by atoms with Crippen molar-refractivity contribution < 1.29 is 53.0 Å². The summed E-state index contributed by atoms with van der Waals surface area (Å²) in [6.07, 6.45) is 21.1. The second-order valence-corrected chi connectivity index (χ2v) is 13.7. The number of carbonyl (C=O) groups excluding carboxylic acids is 2. The number of unbranched alkanes of at least 4 members (excludes halogenated alkanes) is 8. The van der Waals surface area contributed by atoms with Crippen LogP contribution in [0.3, 0.4) is 0 Å². The molecule has 0 atom stereocenters. The summed E-state index contributed by atoms with van der Waals surface area (Å²) < 4.78 is 0. The Hall–Kier alpha value is -0.199. The van der Waals surface area contributed by atoms with E-state index >= 15 is 0 Å². The molecule has 4 nitrogen and oxygen atoms in total. The molecule has 0 aliphatic heterocycles. The zero-order valence-corrected chi connectivity index (χ0v) is 24.8.